The Morgan fingerprint density at radius 3 is 2.21 bits per heavy atom. The summed E-state index contributed by atoms with van der Waals surface area (Å²) in [4.78, 5) is 16.2. The number of sulfonamides is 1. The van der Waals surface area contributed by atoms with Crippen molar-refractivity contribution in [1.29, 1.82) is 0 Å². The Kier molecular flexibility index (Phi) is 10.7. The second-order valence-corrected chi connectivity index (χ2v) is 13.5. The second-order valence-electron chi connectivity index (χ2n) is 11.5. The summed E-state index contributed by atoms with van der Waals surface area (Å²) < 4.78 is 39.0. The number of aryl methyl sites for hydroxylation is 2. The first kappa shape index (κ1) is 32.7. The van der Waals surface area contributed by atoms with Crippen molar-refractivity contribution in [3.8, 4) is 11.6 Å². The summed E-state index contributed by atoms with van der Waals surface area (Å²) in [5, 5.41) is 0. The summed E-state index contributed by atoms with van der Waals surface area (Å²) in [6, 6.07) is 16.0. The van der Waals surface area contributed by atoms with Gasteiger partial charge in [0.2, 0.25) is 21.9 Å². The van der Waals surface area contributed by atoms with Gasteiger partial charge in [-0.1, -0.05) is 30.3 Å². The molecule has 10 nitrogen and oxygen atoms in total. The zero-order chi connectivity index (χ0) is 31.2. The van der Waals surface area contributed by atoms with E-state index in [-0.39, 0.29) is 18.7 Å². The molecular formula is C32H46N6O4S. The van der Waals surface area contributed by atoms with Gasteiger partial charge in [0.25, 0.3) is 0 Å². The molecule has 0 unspecified atom stereocenters. The molecule has 4 rings (SSSR count). The number of anilines is 1. The molecule has 1 aliphatic rings. The standard InChI is InChI=1S/C32H46N6O4S/c1-25-23-28(41-7)24-26(2)30(25)43(39,40)37(6)21-22-42-29-13-16-33-31(34-29)36(5)19-20-38-17-14-32(15-18-38,35(3)4)27-11-9-8-10-12-27/h8-13,16,23-24H,14-15,17-22H2,1-7H3. The minimum Gasteiger partial charge on any atom is -0.497 e. The normalized spacial score (nSPS) is 15.6. The van der Waals surface area contributed by atoms with E-state index in [1.165, 1.54) is 9.87 Å². The molecule has 0 spiro atoms. The van der Waals surface area contributed by atoms with Crippen LogP contribution in [-0.2, 0) is 15.6 Å². The molecule has 1 aromatic heterocycles. The predicted octanol–water partition coefficient (Wildman–Crippen LogP) is 3.79. The van der Waals surface area contributed by atoms with Crippen LogP contribution in [0.15, 0.2) is 59.6 Å². The van der Waals surface area contributed by atoms with Crippen LogP contribution in [0.3, 0.4) is 0 Å². The van der Waals surface area contributed by atoms with Crippen molar-refractivity contribution in [2.45, 2.75) is 37.1 Å². The molecule has 1 fully saturated rings. The maximum absolute atomic E-state index is 13.3. The van der Waals surface area contributed by atoms with E-state index in [9.17, 15) is 8.42 Å². The van der Waals surface area contributed by atoms with E-state index in [2.05, 4.69) is 64.2 Å². The Balaban J connectivity index is 1.28. The zero-order valence-electron chi connectivity index (χ0n) is 26.6. The molecule has 0 bridgehead atoms. The summed E-state index contributed by atoms with van der Waals surface area (Å²) in [6.45, 7) is 7.63. The van der Waals surface area contributed by atoms with Gasteiger partial charge in [-0.2, -0.15) is 9.29 Å². The molecule has 1 aliphatic heterocycles. The average molecular weight is 611 g/mol. The summed E-state index contributed by atoms with van der Waals surface area (Å²) in [6.07, 6.45) is 3.83. The maximum atomic E-state index is 13.3. The van der Waals surface area contributed by atoms with Gasteiger partial charge in [0.1, 0.15) is 12.4 Å². The molecule has 0 aliphatic carbocycles. The highest BCUT2D eigenvalue weighted by Crippen LogP contribution is 2.37. The number of hydrogen-bond acceptors (Lipinski definition) is 9. The van der Waals surface area contributed by atoms with Crippen LogP contribution >= 0.6 is 0 Å². The van der Waals surface area contributed by atoms with E-state index in [1.807, 2.05) is 11.9 Å². The Morgan fingerprint density at radius 2 is 1.60 bits per heavy atom. The first-order chi connectivity index (χ1) is 20.5. The number of nitrogens with zero attached hydrogens (tertiary/aromatic N) is 6. The van der Waals surface area contributed by atoms with Crippen LogP contribution in [0.4, 0.5) is 5.95 Å². The summed E-state index contributed by atoms with van der Waals surface area (Å²) in [5.41, 5.74) is 2.74. The van der Waals surface area contributed by atoms with Crippen LogP contribution in [0.2, 0.25) is 0 Å². The molecule has 0 N–H and O–H groups in total. The number of ether oxygens (including phenoxy) is 2. The first-order valence-corrected chi connectivity index (χ1v) is 16.2. The fourth-order valence-corrected chi connectivity index (χ4v) is 7.43. The lowest BCUT2D eigenvalue weighted by Crippen LogP contribution is -2.51. The highest BCUT2D eigenvalue weighted by molar-refractivity contribution is 7.89. The Morgan fingerprint density at radius 1 is 0.953 bits per heavy atom. The molecule has 2 heterocycles. The van der Waals surface area contributed by atoms with E-state index < -0.39 is 10.0 Å². The Hall–Kier alpha value is -3.25. The van der Waals surface area contributed by atoms with Gasteiger partial charge in [-0.05, 0) is 69.6 Å². The maximum Gasteiger partial charge on any atom is 0.243 e. The lowest BCUT2D eigenvalue weighted by molar-refractivity contribution is 0.0550. The van der Waals surface area contributed by atoms with Crippen molar-refractivity contribution in [3.05, 3.63) is 71.4 Å². The molecule has 3 aromatic rings. The quantitative estimate of drug-likeness (QED) is 0.287. The number of hydrogen-bond donors (Lipinski definition) is 0. The number of likely N-dealkylation sites (N-methyl/N-ethyl adjacent to an activating group) is 2. The molecule has 0 atom stereocenters. The number of benzene rings is 2. The fourth-order valence-electron chi connectivity index (χ4n) is 5.87. The van der Waals surface area contributed by atoms with Gasteiger partial charge in [-0.25, -0.2) is 13.4 Å². The van der Waals surface area contributed by atoms with Crippen LogP contribution in [0.1, 0.15) is 29.5 Å². The molecule has 234 valence electrons. The van der Waals surface area contributed by atoms with Crippen LogP contribution < -0.4 is 14.4 Å². The third-order valence-electron chi connectivity index (χ3n) is 8.55. The van der Waals surface area contributed by atoms with E-state index in [0.29, 0.717) is 33.6 Å². The minimum absolute atomic E-state index is 0.0676. The SMILES string of the molecule is COc1cc(C)c(S(=O)(=O)N(C)CCOc2ccnc(N(C)CCN3CCC(c4ccccc4)(N(C)C)CC3)n2)c(C)c1. The van der Waals surface area contributed by atoms with Crippen molar-refractivity contribution < 1.29 is 17.9 Å². The lowest BCUT2D eigenvalue weighted by atomic mass is 9.80. The largest absolute Gasteiger partial charge is 0.497 e. The van der Waals surface area contributed by atoms with Crippen molar-refractivity contribution in [1.82, 2.24) is 24.1 Å². The number of aromatic nitrogens is 2. The van der Waals surface area contributed by atoms with Gasteiger partial charge in [0.05, 0.1) is 12.0 Å². The molecule has 2 aromatic carbocycles. The predicted molar refractivity (Wildman–Crippen MR) is 171 cm³/mol. The molecule has 11 heteroatoms. The molecule has 0 radical (unpaired) electrons. The van der Waals surface area contributed by atoms with Gasteiger partial charge in [-0.3, -0.25) is 4.90 Å². The lowest BCUT2D eigenvalue weighted by Gasteiger charge is -2.47. The topological polar surface area (TPSA) is 91.3 Å². The summed E-state index contributed by atoms with van der Waals surface area (Å²) in [7, 11) is 5.78. The van der Waals surface area contributed by atoms with Crippen LogP contribution in [0.25, 0.3) is 0 Å². The van der Waals surface area contributed by atoms with Gasteiger partial charge in [-0.15, -0.1) is 0 Å². The number of methoxy groups -OCH3 is 1. The van der Waals surface area contributed by atoms with Crippen LogP contribution in [0, 0.1) is 13.8 Å². The van der Waals surface area contributed by atoms with Crippen molar-refractivity contribution in [2.75, 3.05) is 79.5 Å². The first-order valence-electron chi connectivity index (χ1n) is 14.7. The molecular weight excluding hydrogens is 564 g/mol. The summed E-state index contributed by atoms with van der Waals surface area (Å²) >= 11 is 0. The molecule has 43 heavy (non-hydrogen) atoms. The smallest absolute Gasteiger partial charge is 0.243 e. The molecule has 0 saturated carbocycles. The van der Waals surface area contributed by atoms with Gasteiger partial charge in [0.15, 0.2) is 0 Å². The van der Waals surface area contributed by atoms with Crippen molar-refractivity contribution >= 4 is 16.0 Å². The van der Waals surface area contributed by atoms with Crippen molar-refractivity contribution in [3.63, 3.8) is 0 Å². The third-order valence-corrected chi connectivity index (χ3v) is 10.7. The highest BCUT2D eigenvalue weighted by Gasteiger charge is 2.38. The van der Waals surface area contributed by atoms with E-state index in [1.54, 1.807) is 52.4 Å². The average Bonchev–Trinajstić information content (AvgIpc) is 3.00. The summed E-state index contributed by atoms with van der Waals surface area (Å²) in [5.74, 6) is 1.62. The Bertz CT molecular complexity index is 1440. The van der Waals surface area contributed by atoms with Gasteiger partial charge in [0, 0.05) is 64.6 Å². The van der Waals surface area contributed by atoms with E-state index in [4.69, 9.17) is 9.47 Å². The fraction of sp³-hybridized carbons (Fsp3) is 0.500. The minimum atomic E-state index is -3.70. The van der Waals surface area contributed by atoms with Gasteiger partial charge < -0.3 is 19.3 Å². The second kappa shape index (κ2) is 14.0. The monoisotopic (exact) mass is 610 g/mol. The van der Waals surface area contributed by atoms with Crippen LogP contribution in [0.5, 0.6) is 11.6 Å². The van der Waals surface area contributed by atoms with Crippen LogP contribution in [-0.4, -0.2) is 107 Å². The van der Waals surface area contributed by atoms with Crippen molar-refractivity contribution in [2.24, 2.45) is 0 Å². The van der Waals surface area contributed by atoms with E-state index >= 15 is 0 Å². The number of piperidine rings is 1. The number of likely N-dealkylation sites (tertiary alicyclic amines) is 1. The highest BCUT2D eigenvalue weighted by atomic mass is 32.2. The molecule has 0 amide bonds. The van der Waals surface area contributed by atoms with E-state index in [0.717, 1.165) is 39.0 Å². The third kappa shape index (κ3) is 7.46. The molecule has 1 saturated heterocycles. The number of rotatable bonds is 13. The Labute approximate surface area is 257 Å². The zero-order valence-corrected chi connectivity index (χ0v) is 27.4. The van der Waals surface area contributed by atoms with Gasteiger partial charge >= 0.3 is 0 Å².